The number of benzene rings is 1. The zero-order valence-corrected chi connectivity index (χ0v) is 17.0. The Labute approximate surface area is 168 Å². The van der Waals surface area contributed by atoms with Gasteiger partial charge in [0.25, 0.3) is 5.91 Å². The molecular formula is C21H24N4O2S. The van der Waals surface area contributed by atoms with Gasteiger partial charge in [0.15, 0.2) is 0 Å². The Hall–Kier alpha value is -2.64. The summed E-state index contributed by atoms with van der Waals surface area (Å²) in [5.74, 6) is -0.167. The fourth-order valence-corrected chi connectivity index (χ4v) is 4.13. The van der Waals surface area contributed by atoms with E-state index < -0.39 is 0 Å². The Morgan fingerprint density at radius 2 is 1.96 bits per heavy atom. The van der Waals surface area contributed by atoms with Crippen molar-refractivity contribution >= 4 is 28.6 Å². The first-order valence-electron chi connectivity index (χ1n) is 9.40. The molecule has 0 unspecified atom stereocenters. The molecule has 6 nitrogen and oxygen atoms in total. The van der Waals surface area contributed by atoms with E-state index in [9.17, 15) is 4.79 Å². The molecule has 1 aliphatic rings. The average Bonchev–Trinajstić information content (AvgIpc) is 3.30. The summed E-state index contributed by atoms with van der Waals surface area (Å²) in [6.07, 6.45) is 2.24. The van der Waals surface area contributed by atoms with E-state index >= 15 is 0 Å². The highest BCUT2D eigenvalue weighted by Crippen LogP contribution is 2.24. The van der Waals surface area contributed by atoms with Crippen LogP contribution in [0.15, 0.2) is 41.9 Å². The van der Waals surface area contributed by atoms with E-state index in [1.54, 1.807) is 11.3 Å². The first kappa shape index (κ1) is 18.7. The lowest BCUT2D eigenvalue weighted by Gasteiger charge is -2.36. The summed E-state index contributed by atoms with van der Waals surface area (Å²) in [7, 11) is 0. The number of aryl methyl sites for hydroxylation is 1. The molecule has 4 rings (SSSR count). The van der Waals surface area contributed by atoms with E-state index in [-0.39, 0.29) is 18.1 Å². The minimum atomic E-state index is -0.167. The molecule has 1 aromatic carbocycles. The van der Waals surface area contributed by atoms with Crippen molar-refractivity contribution in [1.82, 2.24) is 9.97 Å². The van der Waals surface area contributed by atoms with E-state index in [0.717, 1.165) is 40.7 Å². The summed E-state index contributed by atoms with van der Waals surface area (Å²) < 4.78 is 5.79. The number of hydrogen-bond donors (Lipinski definition) is 2. The fraction of sp³-hybridized carbons (Fsp3) is 0.333. The average molecular weight is 397 g/mol. The molecule has 1 amide bonds. The molecule has 0 aliphatic carbocycles. The third kappa shape index (κ3) is 4.10. The quantitative estimate of drug-likeness (QED) is 0.689. The molecule has 0 bridgehead atoms. The van der Waals surface area contributed by atoms with Crippen LogP contribution in [0.4, 0.5) is 11.4 Å². The molecule has 2 atom stereocenters. The van der Waals surface area contributed by atoms with Crippen molar-refractivity contribution in [2.24, 2.45) is 0 Å². The molecule has 3 heterocycles. The summed E-state index contributed by atoms with van der Waals surface area (Å²) in [5.41, 5.74) is 4.22. The molecular weight excluding hydrogens is 372 g/mol. The number of rotatable bonds is 4. The standard InChI is InChI=1S/C21H24N4O2S/c1-13-10-25(11-14(2)27-13)18-6-4-17(5-7-18)24-21(26)19-8-16(9-22-19)20-12-28-15(3)23-20/h4-9,12-14,22H,10-11H2,1-3H3,(H,24,26)/t13-,14-/m1/s1. The number of ether oxygens (including phenoxy) is 1. The maximum atomic E-state index is 12.5. The number of nitrogens with one attached hydrogen (secondary N) is 2. The normalized spacial score (nSPS) is 19.6. The minimum Gasteiger partial charge on any atom is -0.372 e. The van der Waals surface area contributed by atoms with Gasteiger partial charge in [-0.25, -0.2) is 4.98 Å². The summed E-state index contributed by atoms with van der Waals surface area (Å²) in [6.45, 7) is 7.90. The Morgan fingerprint density at radius 1 is 1.25 bits per heavy atom. The first-order chi connectivity index (χ1) is 13.5. The molecule has 0 radical (unpaired) electrons. The number of H-pyrrole nitrogens is 1. The van der Waals surface area contributed by atoms with Crippen molar-refractivity contribution in [2.75, 3.05) is 23.3 Å². The van der Waals surface area contributed by atoms with Crippen LogP contribution in [0, 0.1) is 6.92 Å². The largest absolute Gasteiger partial charge is 0.372 e. The van der Waals surface area contributed by atoms with Gasteiger partial charge in [-0.2, -0.15) is 0 Å². The number of nitrogens with zero attached hydrogens (tertiary/aromatic N) is 2. The predicted molar refractivity (Wildman–Crippen MR) is 113 cm³/mol. The summed E-state index contributed by atoms with van der Waals surface area (Å²) in [5, 5.41) is 5.94. The van der Waals surface area contributed by atoms with Gasteiger partial charge in [0.05, 0.1) is 22.9 Å². The van der Waals surface area contributed by atoms with Crippen molar-refractivity contribution in [2.45, 2.75) is 33.0 Å². The van der Waals surface area contributed by atoms with Gasteiger partial charge in [-0.15, -0.1) is 11.3 Å². The third-order valence-electron chi connectivity index (χ3n) is 4.75. The van der Waals surface area contributed by atoms with E-state index in [1.807, 2.05) is 48.8 Å². The van der Waals surface area contributed by atoms with Crippen LogP contribution in [-0.4, -0.2) is 41.2 Å². The van der Waals surface area contributed by atoms with Gasteiger partial charge in [-0.1, -0.05) is 0 Å². The smallest absolute Gasteiger partial charge is 0.272 e. The van der Waals surface area contributed by atoms with Crippen molar-refractivity contribution in [3.8, 4) is 11.3 Å². The maximum Gasteiger partial charge on any atom is 0.272 e. The monoisotopic (exact) mass is 396 g/mol. The number of thiazole rings is 1. The molecule has 146 valence electrons. The highest BCUT2D eigenvalue weighted by molar-refractivity contribution is 7.09. The van der Waals surface area contributed by atoms with Crippen LogP contribution in [0.3, 0.4) is 0 Å². The lowest BCUT2D eigenvalue weighted by Crippen LogP contribution is -2.45. The van der Waals surface area contributed by atoms with Crippen LogP contribution in [-0.2, 0) is 4.74 Å². The lowest BCUT2D eigenvalue weighted by molar-refractivity contribution is -0.00521. The molecule has 0 saturated carbocycles. The van der Waals surface area contributed by atoms with Crippen LogP contribution in [0.2, 0.25) is 0 Å². The number of amides is 1. The molecule has 1 aliphatic heterocycles. The zero-order chi connectivity index (χ0) is 19.7. The molecule has 0 spiro atoms. The molecule has 7 heteroatoms. The number of morpholine rings is 1. The van der Waals surface area contributed by atoms with Crippen LogP contribution in [0.1, 0.15) is 29.3 Å². The topological polar surface area (TPSA) is 70.2 Å². The Balaban J connectivity index is 1.42. The molecule has 1 saturated heterocycles. The van der Waals surface area contributed by atoms with Gasteiger partial charge in [0.1, 0.15) is 5.69 Å². The zero-order valence-electron chi connectivity index (χ0n) is 16.2. The maximum absolute atomic E-state index is 12.5. The number of carbonyl (C=O) groups excluding carboxylic acids is 1. The van der Waals surface area contributed by atoms with Gasteiger partial charge < -0.3 is 19.9 Å². The van der Waals surface area contributed by atoms with Gasteiger partial charge in [0.2, 0.25) is 0 Å². The van der Waals surface area contributed by atoms with Crippen LogP contribution < -0.4 is 10.2 Å². The predicted octanol–water partition coefficient (Wildman–Crippen LogP) is 4.31. The van der Waals surface area contributed by atoms with Crippen LogP contribution in [0.25, 0.3) is 11.3 Å². The van der Waals surface area contributed by atoms with Crippen molar-refractivity contribution in [1.29, 1.82) is 0 Å². The highest BCUT2D eigenvalue weighted by Gasteiger charge is 2.22. The van der Waals surface area contributed by atoms with E-state index in [2.05, 4.69) is 34.0 Å². The van der Waals surface area contributed by atoms with Crippen molar-refractivity contribution < 1.29 is 9.53 Å². The van der Waals surface area contributed by atoms with E-state index in [4.69, 9.17) is 4.74 Å². The summed E-state index contributed by atoms with van der Waals surface area (Å²) in [6, 6.07) is 9.78. The Bertz CT molecular complexity index is 953. The van der Waals surface area contributed by atoms with Gasteiger partial charge >= 0.3 is 0 Å². The van der Waals surface area contributed by atoms with Gasteiger partial charge in [0, 0.05) is 41.6 Å². The van der Waals surface area contributed by atoms with Crippen LogP contribution >= 0.6 is 11.3 Å². The van der Waals surface area contributed by atoms with Crippen LogP contribution in [0.5, 0.6) is 0 Å². The first-order valence-corrected chi connectivity index (χ1v) is 10.3. The number of aromatic amines is 1. The second-order valence-electron chi connectivity index (χ2n) is 7.22. The second-order valence-corrected chi connectivity index (χ2v) is 8.28. The molecule has 2 aromatic heterocycles. The SMILES string of the molecule is Cc1nc(-c2c[nH]c(C(=O)Nc3ccc(N4C[C@@H](C)O[C@H](C)C4)cc3)c2)cs1. The molecule has 3 aromatic rings. The number of aromatic nitrogens is 2. The number of anilines is 2. The highest BCUT2D eigenvalue weighted by atomic mass is 32.1. The van der Waals surface area contributed by atoms with Gasteiger partial charge in [-0.3, -0.25) is 4.79 Å². The summed E-state index contributed by atoms with van der Waals surface area (Å²) in [4.78, 5) is 22.4. The van der Waals surface area contributed by atoms with Gasteiger partial charge in [-0.05, 0) is 51.1 Å². The third-order valence-corrected chi connectivity index (χ3v) is 5.53. The van der Waals surface area contributed by atoms with E-state index in [0.29, 0.717) is 5.69 Å². The number of hydrogen-bond acceptors (Lipinski definition) is 5. The van der Waals surface area contributed by atoms with Crippen molar-refractivity contribution in [3.05, 3.63) is 52.6 Å². The Kier molecular flexibility index (Phi) is 5.19. The second kappa shape index (κ2) is 7.77. The van der Waals surface area contributed by atoms with E-state index in [1.165, 1.54) is 0 Å². The molecule has 28 heavy (non-hydrogen) atoms. The lowest BCUT2D eigenvalue weighted by atomic mass is 10.2. The molecule has 1 fully saturated rings. The molecule has 2 N–H and O–H groups in total. The summed E-state index contributed by atoms with van der Waals surface area (Å²) >= 11 is 1.60. The minimum absolute atomic E-state index is 0.167. The van der Waals surface area contributed by atoms with Crippen molar-refractivity contribution in [3.63, 3.8) is 0 Å². The number of carbonyl (C=O) groups is 1. The fourth-order valence-electron chi connectivity index (χ4n) is 3.51. The Morgan fingerprint density at radius 3 is 2.61 bits per heavy atom.